The molecule has 0 aliphatic rings. The summed E-state index contributed by atoms with van der Waals surface area (Å²) in [6, 6.07) is 7.38. The van der Waals surface area contributed by atoms with Crippen LogP contribution in [-0.4, -0.2) is 17.7 Å². The molecule has 0 saturated heterocycles. The second-order valence-corrected chi connectivity index (χ2v) is 3.78. The molecule has 68 valence electrons. The van der Waals surface area contributed by atoms with E-state index >= 15 is 0 Å². The Labute approximate surface area is 86.0 Å². The van der Waals surface area contributed by atoms with Crippen LogP contribution in [0.1, 0.15) is 0 Å². The van der Waals surface area contributed by atoms with E-state index < -0.39 is 0 Å². The first-order valence-electron chi connectivity index (χ1n) is 3.73. The fraction of sp³-hybridized carbons (Fsp3) is 0.222. The highest BCUT2D eigenvalue weighted by atomic mass is 35.5. The first-order valence-corrected chi connectivity index (χ1v) is 5.25. The SMILES string of the molecule is O=C=Nc1ccc(SCCCl)cc1. The van der Waals surface area contributed by atoms with Gasteiger partial charge in [0.25, 0.3) is 0 Å². The Bertz CT molecular complexity index is 306. The Hall–Kier alpha value is -0.760. The van der Waals surface area contributed by atoms with Crippen LogP contribution in [0.4, 0.5) is 5.69 Å². The van der Waals surface area contributed by atoms with E-state index in [9.17, 15) is 4.79 Å². The van der Waals surface area contributed by atoms with E-state index in [4.69, 9.17) is 11.6 Å². The average Bonchev–Trinajstić information content (AvgIpc) is 2.17. The molecule has 0 heterocycles. The van der Waals surface area contributed by atoms with Gasteiger partial charge in [0.15, 0.2) is 0 Å². The number of aliphatic imine (C=N–C) groups is 1. The van der Waals surface area contributed by atoms with Crippen molar-refractivity contribution in [2.45, 2.75) is 4.90 Å². The number of hydrogen-bond donors (Lipinski definition) is 0. The van der Waals surface area contributed by atoms with Crippen molar-refractivity contribution in [3.05, 3.63) is 24.3 Å². The molecule has 1 aromatic rings. The molecular formula is C9H8ClNOS. The lowest BCUT2D eigenvalue weighted by Crippen LogP contribution is -1.78. The largest absolute Gasteiger partial charge is 0.240 e. The molecule has 2 nitrogen and oxygen atoms in total. The second kappa shape index (κ2) is 5.81. The highest BCUT2D eigenvalue weighted by Gasteiger charge is 1.93. The molecule has 0 aliphatic heterocycles. The van der Waals surface area contributed by atoms with Crippen molar-refractivity contribution in [2.24, 2.45) is 4.99 Å². The van der Waals surface area contributed by atoms with Gasteiger partial charge in [-0.05, 0) is 24.3 Å². The Kier molecular flexibility index (Phi) is 4.61. The summed E-state index contributed by atoms with van der Waals surface area (Å²) in [6.07, 6.45) is 1.49. The first kappa shape index (κ1) is 10.3. The fourth-order valence-electron chi connectivity index (χ4n) is 0.826. The van der Waals surface area contributed by atoms with Gasteiger partial charge in [0, 0.05) is 16.5 Å². The van der Waals surface area contributed by atoms with Crippen LogP contribution in [0.15, 0.2) is 34.2 Å². The lowest BCUT2D eigenvalue weighted by Gasteiger charge is -1.97. The van der Waals surface area contributed by atoms with Crippen molar-refractivity contribution in [2.75, 3.05) is 11.6 Å². The Morgan fingerprint density at radius 1 is 1.38 bits per heavy atom. The Morgan fingerprint density at radius 3 is 2.62 bits per heavy atom. The van der Waals surface area contributed by atoms with Gasteiger partial charge in [-0.1, -0.05) is 0 Å². The van der Waals surface area contributed by atoms with E-state index in [0.29, 0.717) is 11.6 Å². The number of nitrogens with zero attached hydrogens (tertiary/aromatic N) is 1. The molecular weight excluding hydrogens is 206 g/mol. The Balaban J connectivity index is 2.63. The van der Waals surface area contributed by atoms with Crippen LogP contribution in [0.3, 0.4) is 0 Å². The summed E-state index contributed by atoms with van der Waals surface area (Å²) in [5.41, 5.74) is 0.630. The van der Waals surface area contributed by atoms with Crippen LogP contribution in [0.25, 0.3) is 0 Å². The molecule has 0 spiro atoms. The summed E-state index contributed by atoms with van der Waals surface area (Å²) in [5.74, 6) is 1.52. The van der Waals surface area contributed by atoms with Crippen molar-refractivity contribution >= 4 is 35.1 Å². The number of isocyanates is 1. The van der Waals surface area contributed by atoms with Crippen LogP contribution in [0.2, 0.25) is 0 Å². The van der Waals surface area contributed by atoms with Crippen molar-refractivity contribution in [1.82, 2.24) is 0 Å². The van der Waals surface area contributed by atoms with Crippen molar-refractivity contribution in [3.8, 4) is 0 Å². The summed E-state index contributed by atoms with van der Waals surface area (Å²) in [7, 11) is 0. The third-order valence-electron chi connectivity index (χ3n) is 1.36. The summed E-state index contributed by atoms with van der Waals surface area (Å²) < 4.78 is 0. The molecule has 0 bridgehead atoms. The first-order chi connectivity index (χ1) is 6.36. The molecule has 0 aliphatic carbocycles. The van der Waals surface area contributed by atoms with Crippen molar-refractivity contribution in [3.63, 3.8) is 0 Å². The number of halogens is 1. The lowest BCUT2D eigenvalue weighted by atomic mass is 10.3. The number of alkyl halides is 1. The molecule has 0 aromatic heterocycles. The standard InChI is InChI=1S/C9H8ClNOS/c10-5-6-13-9-3-1-8(2-4-9)11-7-12/h1-4H,5-6H2. The third kappa shape index (κ3) is 3.64. The number of benzene rings is 1. The second-order valence-electron chi connectivity index (χ2n) is 2.23. The molecule has 13 heavy (non-hydrogen) atoms. The van der Waals surface area contributed by atoms with Gasteiger partial charge in [-0.3, -0.25) is 0 Å². The van der Waals surface area contributed by atoms with Crippen LogP contribution >= 0.6 is 23.4 Å². The van der Waals surface area contributed by atoms with Crippen molar-refractivity contribution in [1.29, 1.82) is 0 Å². The summed E-state index contributed by atoms with van der Waals surface area (Å²) in [4.78, 5) is 14.5. The smallest absolute Gasteiger partial charge is 0.211 e. The summed E-state index contributed by atoms with van der Waals surface area (Å²) in [6.45, 7) is 0. The topological polar surface area (TPSA) is 29.4 Å². The molecule has 0 radical (unpaired) electrons. The van der Waals surface area contributed by atoms with E-state index in [1.165, 1.54) is 6.08 Å². The zero-order valence-electron chi connectivity index (χ0n) is 6.87. The van der Waals surface area contributed by atoms with Gasteiger partial charge in [0.2, 0.25) is 6.08 Å². The van der Waals surface area contributed by atoms with Gasteiger partial charge >= 0.3 is 0 Å². The van der Waals surface area contributed by atoms with Gasteiger partial charge in [-0.15, -0.1) is 23.4 Å². The normalized spacial score (nSPS) is 9.31. The van der Waals surface area contributed by atoms with E-state index in [0.717, 1.165) is 10.6 Å². The molecule has 1 aromatic carbocycles. The van der Waals surface area contributed by atoms with E-state index in [-0.39, 0.29) is 0 Å². The molecule has 0 amide bonds. The predicted octanol–water partition coefficient (Wildman–Crippen LogP) is 2.98. The molecule has 0 unspecified atom stereocenters. The summed E-state index contributed by atoms with van der Waals surface area (Å²) >= 11 is 7.22. The maximum atomic E-state index is 9.92. The minimum absolute atomic E-state index is 0.630. The van der Waals surface area contributed by atoms with Gasteiger partial charge in [-0.2, -0.15) is 4.99 Å². The van der Waals surface area contributed by atoms with Crippen LogP contribution in [0, 0.1) is 0 Å². The fourth-order valence-corrected chi connectivity index (χ4v) is 1.70. The van der Waals surface area contributed by atoms with E-state index in [1.807, 2.05) is 12.1 Å². The van der Waals surface area contributed by atoms with E-state index in [1.54, 1.807) is 23.9 Å². The average molecular weight is 214 g/mol. The molecule has 0 saturated carbocycles. The van der Waals surface area contributed by atoms with Crippen LogP contribution in [-0.2, 0) is 4.79 Å². The minimum atomic E-state index is 0.630. The summed E-state index contributed by atoms with van der Waals surface area (Å²) in [5, 5.41) is 0. The molecule has 4 heteroatoms. The van der Waals surface area contributed by atoms with Gasteiger partial charge in [0.05, 0.1) is 5.69 Å². The lowest BCUT2D eigenvalue weighted by molar-refractivity contribution is 0.565. The minimum Gasteiger partial charge on any atom is -0.211 e. The predicted molar refractivity (Wildman–Crippen MR) is 55.7 cm³/mol. The number of hydrogen-bond acceptors (Lipinski definition) is 3. The Morgan fingerprint density at radius 2 is 2.08 bits per heavy atom. The van der Waals surface area contributed by atoms with E-state index in [2.05, 4.69) is 4.99 Å². The maximum absolute atomic E-state index is 9.92. The quantitative estimate of drug-likeness (QED) is 0.333. The number of rotatable bonds is 4. The van der Waals surface area contributed by atoms with Crippen molar-refractivity contribution < 1.29 is 4.79 Å². The molecule has 1 rings (SSSR count). The highest BCUT2D eigenvalue weighted by molar-refractivity contribution is 7.99. The van der Waals surface area contributed by atoms with Gasteiger partial charge < -0.3 is 0 Å². The zero-order valence-corrected chi connectivity index (χ0v) is 8.44. The molecule has 0 N–H and O–H groups in total. The zero-order chi connectivity index (χ0) is 9.52. The monoisotopic (exact) mass is 213 g/mol. The van der Waals surface area contributed by atoms with Crippen LogP contribution < -0.4 is 0 Å². The van der Waals surface area contributed by atoms with Gasteiger partial charge in [0.1, 0.15) is 0 Å². The number of carbonyl (C=O) groups excluding carboxylic acids is 1. The van der Waals surface area contributed by atoms with Gasteiger partial charge in [-0.25, -0.2) is 4.79 Å². The number of thioether (sulfide) groups is 1. The molecule has 0 fully saturated rings. The molecule has 0 atom stereocenters. The maximum Gasteiger partial charge on any atom is 0.240 e. The third-order valence-corrected chi connectivity index (χ3v) is 2.78. The highest BCUT2D eigenvalue weighted by Crippen LogP contribution is 2.21. The van der Waals surface area contributed by atoms with Crippen LogP contribution in [0.5, 0.6) is 0 Å².